The fraction of sp³-hybridized carbons (Fsp3) is 0. The molecule has 2 N–H and O–H groups in total. The maximum atomic E-state index is 12.6. The Balaban J connectivity index is 2.08. The Kier molecular flexibility index (Phi) is 4.23. The van der Waals surface area contributed by atoms with Crippen LogP contribution in [-0.4, -0.2) is 18.4 Å². The number of nitrogens with zero attached hydrogens (tertiary/aromatic N) is 1. The summed E-state index contributed by atoms with van der Waals surface area (Å²) in [6.45, 7) is 0. The number of anilines is 1. The Morgan fingerprint density at radius 3 is 2.40 bits per heavy atom. The minimum absolute atomic E-state index is 0.0145. The largest absolute Gasteiger partial charge is 0.507 e. The lowest BCUT2D eigenvalue weighted by Crippen LogP contribution is -2.13. The van der Waals surface area contributed by atoms with Gasteiger partial charge in [0.2, 0.25) is 0 Å². The van der Waals surface area contributed by atoms with Crippen LogP contribution < -0.4 is 4.72 Å². The molecule has 0 amide bonds. The number of nitro groups is 1. The van der Waals surface area contributed by atoms with E-state index in [9.17, 15) is 23.6 Å². The SMILES string of the molecule is O=[N+]([O-])c1cc(S(=O)(=O)Nc2ccc(O)c3ccccc23)ccc1Cl. The van der Waals surface area contributed by atoms with Crippen molar-refractivity contribution in [3.63, 3.8) is 0 Å². The number of nitro benzene ring substituents is 1. The molecule has 0 radical (unpaired) electrons. The molecule has 0 bridgehead atoms. The van der Waals surface area contributed by atoms with Gasteiger partial charge in [-0.25, -0.2) is 8.42 Å². The minimum atomic E-state index is -4.09. The quantitative estimate of drug-likeness (QED) is 0.406. The highest BCUT2D eigenvalue weighted by atomic mass is 35.5. The van der Waals surface area contributed by atoms with Crippen molar-refractivity contribution < 1.29 is 18.4 Å². The second-order valence-electron chi connectivity index (χ2n) is 5.15. The van der Waals surface area contributed by atoms with E-state index in [4.69, 9.17) is 11.6 Å². The van der Waals surface area contributed by atoms with Gasteiger partial charge in [0.25, 0.3) is 15.7 Å². The summed E-state index contributed by atoms with van der Waals surface area (Å²) in [6, 6.07) is 12.7. The maximum Gasteiger partial charge on any atom is 0.289 e. The summed E-state index contributed by atoms with van der Waals surface area (Å²) in [7, 11) is -4.09. The van der Waals surface area contributed by atoms with Crippen molar-refractivity contribution in [2.45, 2.75) is 4.90 Å². The van der Waals surface area contributed by atoms with Crippen LogP contribution in [0.5, 0.6) is 5.75 Å². The van der Waals surface area contributed by atoms with E-state index in [0.717, 1.165) is 12.1 Å². The summed E-state index contributed by atoms with van der Waals surface area (Å²) in [6.07, 6.45) is 0. The van der Waals surface area contributed by atoms with E-state index in [-0.39, 0.29) is 21.4 Å². The number of rotatable bonds is 4. The predicted molar refractivity (Wildman–Crippen MR) is 94.5 cm³/mol. The number of phenols is 1. The van der Waals surface area contributed by atoms with E-state index in [1.807, 2.05) is 0 Å². The van der Waals surface area contributed by atoms with Crippen molar-refractivity contribution in [1.82, 2.24) is 0 Å². The number of sulfonamides is 1. The molecule has 0 atom stereocenters. The van der Waals surface area contributed by atoms with Crippen molar-refractivity contribution in [1.29, 1.82) is 0 Å². The first-order valence-corrected chi connectivity index (χ1v) is 8.83. The molecule has 0 heterocycles. The van der Waals surface area contributed by atoms with Gasteiger partial charge in [0, 0.05) is 16.8 Å². The summed E-state index contributed by atoms with van der Waals surface area (Å²) < 4.78 is 27.5. The third kappa shape index (κ3) is 3.21. The molecule has 0 aliphatic carbocycles. The average Bonchev–Trinajstić information content (AvgIpc) is 2.57. The molecule has 0 aliphatic heterocycles. The number of nitrogens with one attached hydrogen (secondary N) is 1. The highest BCUT2D eigenvalue weighted by Crippen LogP contribution is 2.33. The van der Waals surface area contributed by atoms with Crippen LogP contribution >= 0.6 is 11.6 Å². The van der Waals surface area contributed by atoms with Gasteiger partial charge in [-0.15, -0.1) is 0 Å². The van der Waals surface area contributed by atoms with Gasteiger partial charge in [0.05, 0.1) is 15.5 Å². The Labute approximate surface area is 147 Å². The highest BCUT2D eigenvalue weighted by Gasteiger charge is 2.21. The summed E-state index contributed by atoms with van der Waals surface area (Å²) in [5.74, 6) is 0.0145. The van der Waals surface area contributed by atoms with Gasteiger partial charge in [0.1, 0.15) is 10.8 Å². The third-order valence-electron chi connectivity index (χ3n) is 3.57. The topological polar surface area (TPSA) is 110 Å². The van der Waals surface area contributed by atoms with E-state index in [1.54, 1.807) is 24.3 Å². The van der Waals surface area contributed by atoms with Crippen molar-refractivity contribution >= 4 is 43.8 Å². The Hall–Kier alpha value is -2.84. The predicted octanol–water partition coefficient (Wildman–Crippen LogP) is 3.91. The first-order valence-electron chi connectivity index (χ1n) is 6.97. The summed E-state index contributed by atoms with van der Waals surface area (Å²) in [5, 5.41) is 21.6. The smallest absolute Gasteiger partial charge is 0.289 e. The van der Waals surface area contributed by atoms with Gasteiger partial charge < -0.3 is 5.11 Å². The fourth-order valence-electron chi connectivity index (χ4n) is 2.38. The molecule has 7 nitrogen and oxygen atoms in total. The minimum Gasteiger partial charge on any atom is -0.507 e. The summed E-state index contributed by atoms with van der Waals surface area (Å²) in [5.41, 5.74) is -0.258. The second kappa shape index (κ2) is 6.23. The van der Waals surface area contributed by atoms with Crippen LogP contribution in [0.3, 0.4) is 0 Å². The molecule has 0 unspecified atom stereocenters. The lowest BCUT2D eigenvalue weighted by Gasteiger charge is -2.12. The molecule has 0 spiro atoms. The van der Waals surface area contributed by atoms with Crippen molar-refractivity contribution in [2.24, 2.45) is 0 Å². The molecule has 9 heteroatoms. The van der Waals surface area contributed by atoms with Gasteiger partial charge in [-0.1, -0.05) is 35.9 Å². The number of aromatic hydroxyl groups is 1. The molecule has 3 aromatic rings. The number of hydrogen-bond donors (Lipinski definition) is 2. The maximum absolute atomic E-state index is 12.6. The first kappa shape index (κ1) is 17.0. The van der Waals surface area contributed by atoms with Crippen LogP contribution in [0.25, 0.3) is 10.8 Å². The normalized spacial score (nSPS) is 11.4. The number of halogens is 1. The lowest BCUT2D eigenvalue weighted by molar-refractivity contribution is -0.384. The van der Waals surface area contributed by atoms with E-state index in [1.165, 1.54) is 18.2 Å². The van der Waals surface area contributed by atoms with Gasteiger partial charge in [-0.2, -0.15) is 0 Å². The highest BCUT2D eigenvalue weighted by molar-refractivity contribution is 7.92. The number of phenolic OH excluding ortho intramolecular Hbond substituents is 1. The Morgan fingerprint density at radius 1 is 1.04 bits per heavy atom. The van der Waals surface area contributed by atoms with Crippen LogP contribution in [0.1, 0.15) is 0 Å². The van der Waals surface area contributed by atoms with Crippen LogP contribution in [0.4, 0.5) is 11.4 Å². The number of fused-ring (bicyclic) bond motifs is 1. The van der Waals surface area contributed by atoms with E-state index >= 15 is 0 Å². The molecule has 0 fully saturated rings. The van der Waals surface area contributed by atoms with Gasteiger partial charge in [-0.3, -0.25) is 14.8 Å². The van der Waals surface area contributed by atoms with E-state index in [2.05, 4.69) is 4.72 Å². The number of hydrogen-bond acceptors (Lipinski definition) is 5. The molecular weight excluding hydrogens is 368 g/mol. The standard InChI is InChI=1S/C16H11ClN2O5S/c17-13-6-5-10(9-15(13)19(21)22)25(23,24)18-14-7-8-16(20)12-4-2-1-3-11(12)14/h1-9,18,20H. The zero-order valence-corrected chi connectivity index (χ0v) is 14.1. The Bertz CT molecular complexity index is 1100. The van der Waals surface area contributed by atoms with E-state index in [0.29, 0.717) is 10.8 Å². The van der Waals surface area contributed by atoms with Crippen LogP contribution in [0.2, 0.25) is 5.02 Å². The van der Waals surface area contributed by atoms with Crippen molar-refractivity contribution in [2.75, 3.05) is 4.72 Å². The van der Waals surface area contributed by atoms with Gasteiger partial charge in [0.15, 0.2) is 0 Å². The molecule has 128 valence electrons. The zero-order valence-electron chi connectivity index (χ0n) is 12.5. The monoisotopic (exact) mass is 378 g/mol. The van der Waals surface area contributed by atoms with Gasteiger partial charge in [-0.05, 0) is 24.3 Å². The Morgan fingerprint density at radius 2 is 1.72 bits per heavy atom. The molecule has 0 saturated heterocycles. The first-order chi connectivity index (χ1) is 11.8. The van der Waals surface area contributed by atoms with Crippen molar-refractivity contribution in [3.05, 3.63) is 69.7 Å². The molecular formula is C16H11ClN2O5S. The van der Waals surface area contributed by atoms with Crippen molar-refractivity contribution in [3.8, 4) is 5.75 Å². The lowest BCUT2D eigenvalue weighted by atomic mass is 10.1. The molecule has 0 aromatic heterocycles. The molecule has 3 rings (SSSR count). The average molecular weight is 379 g/mol. The van der Waals surface area contributed by atoms with E-state index < -0.39 is 20.6 Å². The third-order valence-corrected chi connectivity index (χ3v) is 5.25. The van der Waals surface area contributed by atoms with Crippen LogP contribution in [-0.2, 0) is 10.0 Å². The summed E-state index contributed by atoms with van der Waals surface area (Å²) >= 11 is 5.71. The second-order valence-corrected chi connectivity index (χ2v) is 7.24. The summed E-state index contributed by atoms with van der Waals surface area (Å²) in [4.78, 5) is 9.91. The molecule has 0 aliphatic rings. The van der Waals surface area contributed by atoms with Gasteiger partial charge >= 0.3 is 0 Å². The number of benzene rings is 3. The molecule has 0 saturated carbocycles. The molecule has 3 aromatic carbocycles. The molecule has 25 heavy (non-hydrogen) atoms. The van der Waals surface area contributed by atoms with Crippen LogP contribution in [0, 0.1) is 10.1 Å². The fourth-order valence-corrected chi connectivity index (χ4v) is 3.66. The van der Waals surface area contributed by atoms with Crippen LogP contribution in [0.15, 0.2) is 59.5 Å². The zero-order chi connectivity index (χ0) is 18.2.